The van der Waals surface area contributed by atoms with Crippen molar-refractivity contribution in [2.45, 2.75) is 13.1 Å². The maximum atomic E-state index is 6.02. The Morgan fingerprint density at radius 3 is 2.64 bits per heavy atom. The van der Waals surface area contributed by atoms with Gasteiger partial charge < -0.3 is 5.73 Å². The quantitative estimate of drug-likeness (QED) is 0.586. The molecule has 1 aromatic carbocycles. The monoisotopic (exact) mass is 348 g/mol. The van der Waals surface area contributed by atoms with Crippen molar-refractivity contribution >= 4 is 22.7 Å². The van der Waals surface area contributed by atoms with Gasteiger partial charge in [-0.2, -0.15) is 0 Å². The van der Waals surface area contributed by atoms with E-state index in [0.717, 1.165) is 30.1 Å². The third-order valence-corrected chi connectivity index (χ3v) is 5.09. The molecule has 3 heterocycles. The van der Waals surface area contributed by atoms with E-state index >= 15 is 0 Å². The van der Waals surface area contributed by atoms with Crippen LogP contribution in [0.15, 0.2) is 66.2 Å². The summed E-state index contributed by atoms with van der Waals surface area (Å²) in [5.41, 5.74) is 11.2. The zero-order valence-corrected chi connectivity index (χ0v) is 14.9. The molecule has 0 aliphatic heterocycles. The first-order valence-electron chi connectivity index (χ1n) is 8.23. The number of anilines is 1. The van der Waals surface area contributed by atoms with E-state index in [4.69, 9.17) is 10.7 Å². The Hall–Kier alpha value is -2.63. The summed E-state index contributed by atoms with van der Waals surface area (Å²) in [6, 6.07) is 18.6. The molecule has 126 valence electrons. The second-order valence-corrected chi connectivity index (χ2v) is 7.18. The zero-order valence-electron chi connectivity index (χ0n) is 14.1. The molecule has 0 spiro atoms. The van der Waals surface area contributed by atoms with Crippen molar-refractivity contribution in [2.24, 2.45) is 0 Å². The van der Waals surface area contributed by atoms with Crippen molar-refractivity contribution in [3.05, 3.63) is 77.4 Å². The number of rotatable bonds is 5. The SMILES string of the molecule is CN(Cc1ccccc1)Cc1c(-c2cccs2)nc2ccc(N)cn12. The van der Waals surface area contributed by atoms with E-state index in [1.807, 2.05) is 24.4 Å². The van der Waals surface area contributed by atoms with Crippen molar-refractivity contribution in [3.8, 4) is 10.6 Å². The predicted octanol–water partition coefficient (Wildman–Crippen LogP) is 4.28. The van der Waals surface area contributed by atoms with Crippen molar-refractivity contribution in [1.29, 1.82) is 0 Å². The van der Waals surface area contributed by atoms with Crippen LogP contribution in [0.2, 0.25) is 0 Å². The minimum atomic E-state index is 0.745. The molecule has 0 radical (unpaired) electrons. The number of aromatic nitrogens is 2. The molecule has 0 aliphatic rings. The van der Waals surface area contributed by atoms with Gasteiger partial charge in [0.25, 0.3) is 0 Å². The number of nitrogens with zero attached hydrogens (tertiary/aromatic N) is 3. The molecule has 0 saturated heterocycles. The maximum Gasteiger partial charge on any atom is 0.137 e. The van der Waals surface area contributed by atoms with Gasteiger partial charge in [-0.25, -0.2) is 4.98 Å². The highest BCUT2D eigenvalue weighted by Crippen LogP contribution is 2.29. The Morgan fingerprint density at radius 2 is 1.88 bits per heavy atom. The topological polar surface area (TPSA) is 46.6 Å². The number of hydrogen-bond donors (Lipinski definition) is 1. The molecular formula is C20H20N4S. The van der Waals surface area contributed by atoms with Crippen LogP contribution >= 0.6 is 11.3 Å². The standard InChI is InChI=1S/C20H20N4S/c1-23(12-15-6-3-2-4-7-15)14-17-20(18-8-5-11-25-18)22-19-10-9-16(21)13-24(17)19/h2-11,13H,12,14,21H2,1H3. The van der Waals surface area contributed by atoms with E-state index in [1.165, 1.54) is 16.1 Å². The first-order chi connectivity index (χ1) is 12.2. The fraction of sp³-hybridized carbons (Fsp3) is 0.150. The predicted molar refractivity (Wildman–Crippen MR) is 105 cm³/mol. The van der Waals surface area contributed by atoms with Gasteiger partial charge in [0.15, 0.2) is 0 Å². The lowest BCUT2D eigenvalue weighted by Gasteiger charge is -2.17. The van der Waals surface area contributed by atoms with E-state index in [2.05, 4.69) is 58.1 Å². The molecule has 0 atom stereocenters. The highest BCUT2D eigenvalue weighted by molar-refractivity contribution is 7.13. The molecule has 5 heteroatoms. The lowest BCUT2D eigenvalue weighted by molar-refractivity contribution is 0.315. The average molecular weight is 348 g/mol. The second-order valence-electron chi connectivity index (χ2n) is 6.23. The summed E-state index contributed by atoms with van der Waals surface area (Å²) in [4.78, 5) is 8.34. The van der Waals surface area contributed by atoms with Crippen LogP contribution < -0.4 is 5.73 Å². The molecule has 0 aliphatic carbocycles. The first-order valence-corrected chi connectivity index (χ1v) is 9.11. The molecule has 0 saturated carbocycles. The third kappa shape index (κ3) is 3.29. The van der Waals surface area contributed by atoms with Gasteiger partial charge in [-0.15, -0.1) is 11.3 Å². The van der Waals surface area contributed by atoms with E-state index in [0.29, 0.717) is 0 Å². The van der Waals surface area contributed by atoms with Crippen molar-refractivity contribution in [3.63, 3.8) is 0 Å². The van der Waals surface area contributed by atoms with Gasteiger partial charge in [0, 0.05) is 25.0 Å². The van der Waals surface area contributed by atoms with Crippen LogP contribution in [-0.4, -0.2) is 21.3 Å². The van der Waals surface area contributed by atoms with E-state index < -0.39 is 0 Å². The summed E-state index contributed by atoms with van der Waals surface area (Å²) in [6.07, 6.45) is 1.96. The van der Waals surface area contributed by atoms with Gasteiger partial charge in [-0.1, -0.05) is 36.4 Å². The van der Waals surface area contributed by atoms with Crippen molar-refractivity contribution < 1.29 is 0 Å². The zero-order chi connectivity index (χ0) is 17.2. The number of benzene rings is 1. The average Bonchev–Trinajstić information content (AvgIpc) is 3.24. The molecule has 4 nitrogen and oxygen atoms in total. The molecule has 0 fully saturated rings. The van der Waals surface area contributed by atoms with Crippen LogP contribution in [0.5, 0.6) is 0 Å². The van der Waals surface area contributed by atoms with Crippen molar-refractivity contribution in [2.75, 3.05) is 12.8 Å². The number of fused-ring (bicyclic) bond motifs is 1. The molecule has 0 bridgehead atoms. The van der Waals surface area contributed by atoms with Gasteiger partial charge in [0.2, 0.25) is 0 Å². The number of imidazole rings is 1. The largest absolute Gasteiger partial charge is 0.398 e. The van der Waals surface area contributed by atoms with Gasteiger partial charge in [0.1, 0.15) is 11.3 Å². The number of nitrogen functional groups attached to an aromatic ring is 1. The van der Waals surface area contributed by atoms with Gasteiger partial charge in [-0.3, -0.25) is 9.30 Å². The van der Waals surface area contributed by atoms with Crippen LogP contribution in [0.4, 0.5) is 5.69 Å². The van der Waals surface area contributed by atoms with E-state index in [1.54, 1.807) is 11.3 Å². The lowest BCUT2D eigenvalue weighted by Crippen LogP contribution is -2.18. The van der Waals surface area contributed by atoms with Gasteiger partial charge in [0.05, 0.1) is 10.6 Å². The first kappa shape index (κ1) is 15.9. The summed E-state index contributed by atoms with van der Waals surface area (Å²) >= 11 is 1.72. The molecule has 25 heavy (non-hydrogen) atoms. The van der Waals surface area contributed by atoms with E-state index in [9.17, 15) is 0 Å². The fourth-order valence-corrected chi connectivity index (χ4v) is 3.81. The van der Waals surface area contributed by atoms with E-state index in [-0.39, 0.29) is 0 Å². The molecule has 4 aromatic rings. The second kappa shape index (κ2) is 6.70. The summed E-state index contributed by atoms with van der Waals surface area (Å²) < 4.78 is 2.12. The smallest absolute Gasteiger partial charge is 0.137 e. The highest BCUT2D eigenvalue weighted by Gasteiger charge is 2.16. The molecule has 4 rings (SSSR count). The number of pyridine rings is 1. The normalized spacial score (nSPS) is 11.4. The maximum absolute atomic E-state index is 6.02. The third-order valence-electron chi connectivity index (χ3n) is 4.21. The summed E-state index contributed by atoms with van der Waals surface area (Å²) in [6.45, 7) is 1.69. The molecule has 0 amide bonds. The Labute approximate surface area is 151 Å². The van der Waals surface area contributed by atoms with Crippen LogP contribution in [0.1, 0.15) is 11.3 Å². The highest BCUT2D eigenvalue weighted by atomic mass is 32.1. The van der Waals surface area contributed by atoms with Crippen LogP contribution in [0.3, 0.4) is 0 Å². The minimum absolute atomic E-state index is 0.745. The Balaban J connectivity index is 1.71. The minimum Gasteiger partial charge on any atom is -0.398 e. The molecule has 3 aromatic heterocycles. The molecule has 2 N–H and O–H groups in total. The number of hydrogen-bond acceptors (Lipinski definition) is 4. The van der Waals surface area contributed by atoms with Crippen LogP contribution in [0.25, 0.3) is 16.2 Å². The Bertz CT molecular complexity index is 974. The molecular weight excluding hydrogens is 328 g/mol. The summed E-state index contributed by atoms with van der Waals surface area (Å²) in [5, 5.41) is 2.09. The van der Waals surface area contributed by atoms with Crippen molar-refractivity contribution in [1.82, 2.24) is 14.3 Å². The number of nitrogens with two attached hydrogens (primary N) is 1. The van der Waals surface area contributed by atoms with Gasteiger partial charge in [-0.05, 0) is 36.2 Å². The lowest BCUT2D eigenvalue weighted by atomic mass is 10.2. The van der Waals surface area contributed by atoms with Gasteiger partial charge >= 0.3 is 0 Å². The molecule has 0 unspecified atom stereocenters. The van der Waals surface area contributed by atoms with Crippen LogP contribution in [-0.2, 0) is 13.1 Å². The Kier molecular flexibility index (Phi) is 4.26. The fourth-order valence-electron chi connectivity index (χ4n) is 3.08. The summed E-state index contributed by atoms with van der Waals surface area (Å²) in [7, 11) is 2.14. The Morgan fingerprint density at radius 1 is 1.04 bits per heavy atom. The van der Waals surface area contributed by atoms with Crippen LogP contribution in [0, 0.1) is 0 Å². The summed E-state index contributed by atoms with van der Waals surface area (Å²) in [5.74, 6) is 0. The number of thiophene rings is 1.